The summed E-state index contributed by atoms with van der Waals surface area (Å²) in [5.74, 6) is 0.521. The van der Waals surface area contributed by atoms with Crippen LogP contribution in [0.3, 0.4) is 0 Å². The molecule has 3 N–H and O–H groups in total. The van der Waals surface area contributed by atoms with Gasteiger partial charge in [0.1, 0.15) is 0 Å². The maximum atomic E-state index is 11.0. The van der Waals surface area contributed by atoms with E-state index in [4.69, 9.17) is 5.73 Å². The lowest BCUT2D eigenvalue weighted by Gasteiger charge is -2.18. The number of hydrogen-bond donors (Lipinski definition) is 2. The molecule has 2 rings (SSSR count). The lowest BCUT2D eigenvalue weighted by atomic mass is 10.0. The molecule has 0 radical (unpaired) electrons. The Bertz CT molecular complexity index is 363. The summed E-state index contributed by atoms with van der Waals surface area (Å²) in [5.41, 5.74) is 6.19. The molecule has 1 aliphatic rings. The summed E-state index contributed by atoms with van der Waals surface area (Å²) in [7, 11) is 0. The van der Waals surface area contributed by atoms with E-state index in [9.17, 15) is 4.79 Å². The summed E-state index contributed by atoms with van der Waals surface area (Å²) in [6, 6.07) is 9.62. The maximum Gasteiger partial charge on any atom is 0.312 e. The molecule has 1 fully saturated rings. The Balaban J connectivity index is 2.26. The quantitative estimate of drug-likeness (QED) is 0.777. The van der Waals surface area contributed by atoms with E-state index in [-0.39, 0.29) is 5.54 Å². The average molecular weight is 204 g/mol. The Morgan fingerprint density at radius 3 is 2.67 bits per heavy atom. The molecule has 1 aliphatic carbocycles. The first-order valence-electron chi connectivity index (χ1n) is 5.32. The molecule has 0 aromatic heterocycles. The fraction of sp³-hybridized carbons (Fsp3) is 0.417. The van der Waals surface area contributed by atoms with Crippen molar-refractivity contribution in [1.82, 2.24) is 5.32 Å². The zero-order chi connectivity index (χ0) is 10.9. The summed E-state index contributed by atoms with van der Waals surface area (Å²) in [4.78, 5) is 11.0. The van der Waals surface area contributed by atoms with E-state index in [1.54, 1.807) is 0 Å². The molecule has 0 heterocycles. The summed E-state index contributed by atoms with van der Waals surface area (Å²) in [5, 5.41) is 2.89. The molecule has 80 valence electrons. The predicted octanol–water partition coefficient (Wildman–Crippen LogP) is 1.98. The largest absolute Gasteiger partial charge is 0.352 e. The number of amides is 2. The van der Waals surface area contributed by atoms with Crippen molar-refractivity contribution in [2.75, 3.05) is 0 Å². The molecule has 2 unspecified atom stereocenters. The van der Waals surface area contributed by atoms with Crippen molar-refractivity contribution in [3.63, 3.8) is 0 Å². The van der Waals surface area contributed by atoms with Gasteiger partial charge in [-0.1, -0.05) is 43.7 Å². The topological polar surface area (TPSA) is 55.1 Å². The van der Waals surface area contributed by atoms with Crippen LogP contribution >= 0.6 is 0 Å². The van der Waals surface area contributed by atoms with E-state index in [2.05, 4.69) is 12.2 Å². The smallest absolute Gasteiger partial charge is 0.312 e. The third-order valence-electron chi connectivity index (χ3n) is 3.23. The molecule has 1 aromatic carbocycles. The van der Waals surface area contributed by atoms with Crippen LogP contribution in [0.1, 0.15) is 25.3 Å². The summed E-state index contributed by atoms with van der Waals surface area (Å²) < 4.78 is 0. The van der Waals surface area contributed by atoms with E-state index >= 15 is 0 Å². The first-order valence-corrected chi connectivity index (χ1v) is 5.32. The number of rotatable bonds is 3. The van der Waals surface area contributed by atoms with E-state index < -0.39 is 6.03 Å². The third-order valence-corrected chi connectivity index (χ3v) is 3.23. The number of carbonyl (C=O) groups excluding carboxylic acids is 1. The number of carbonyl (C=O) groups is 1. The van der Waals surface area contributed by atoms with Gasteiger partial charge in [0.25, 0.3) is 0 Å². The van der Waals surface area contributed by atoms with Crippen molar-refractivity contribution in [2.24, 2.45) is 11.7 Å². The van der Waals surface area contributed by atoms with Crippen molar-refractivity contribution in [2.45, 2.75) is 25.3 Å². The third kappa shape index (κ3) is 1.69. The first-order chi connectivity index (χ1) is 7.19. The Morgan fingerprint density at radius 2 is 2.20 bits per heavy atom. The van der Waals surface area contributed by atoms with E-state index in [1.165, 1.54) is 0 Å². The Hall–Kier alpha value is -1.51. The SMILES string of the molecule is CCC1CC1(NC(N)=O)c1ccccc1. The van der Waals surface area contributed by atoms with Gasteiger partial charge in [-0.2, -0.15) is 0 Å². The Morgan fingerprint density at radius 1 is 1.53 bits per heavy atom. The van der Waals surface area contributed by atoms with Crippen molar-refractivity contribution < 1.29 is 4.79 Å². The molecule has 3 heteroatoms. The number of primary amides is 1. The molecule has 1 saturated carbocycles. The van der Waals surface area contributed by atoms with Crippen LogP contribution in [0, 0.1) is 5.92 Å². The van der Waals surface area contributed by atoms with Crippen LogP contribution < -0.4 is 11.1 Å². The number of urea groups is 1. The highest BCUT2D eigenvalue weighted by Crippen LogP contribution is 2.53. The number of nitrogens with two attached hydrogens (primary N) is 1. The fourth-order valence-corrected chi connectivity index (χ4v) is 2.36. The average Bonchev–Trinajstić information content (AvgIpc) is 2.93. The van der Waals surface area contributed by atoms with Crippen LogP contribution in [0.25, 0.3) is 0 Å². The zero-order valence-electron chi connectivity index (χ0n) is 8.86. The highest BCUT2D eigenvalue weighted by Gasteiger charge is 2.54. The van der Waals surface area contributed by atoms with Crippen molar-refractivity contribution in [3.05, 3.63) is 35.9 Å². The second kappa shape index (κ2) is 3.57. The van der Waals surface area contributed by atoms with Crippen molar-refractivity contribution in [3.8, 4) is 0 Å². The normalized spacial score (nSPS) is 28.5. The van der Waals surface area contributed by atoms with E-state index in [0.717, 1.165) is 18.4 Å². The van der Waals surface area contributed by atoms with E-state index in [0.29, 0.717) is 5.92 Å². The lowest BCUT2D eigenvalue weighted by Crippen LogP contribution is -2.40. The number of benzene rings is 1. The predicted molar refractivity (Wildman–Crippen MR) is 59.2 cm³/mol. The molecule has 15 heavy (non-hydrogen) atoms. The molecule has 0 aliphatic heterocycles. The molecule has 1 aromatic rings. The van der Waals surface area contributed by atoms with Gasteiger partial charge in [-0.15, -0.1) is 0 Å². The first kappa shape index (κ1) is 10.0. The second-order valence-corrected chi connectivity index (χ2v) is 4.14. The monoisotopic (exact) mass is 204 g/mol. The van der Waals surface area contributed by atoms with Crippen LogP contribution in [0.2, 0.25) is 0 Å². The number of hydrogen-bond acceptors (Lipinski definition) is 1. The minimum absolute atomic E-state index is 0.193. The van der Waals surface area contributed by atoms with Gasteiger partial charge < -0.3 is 11.1 Å². The van der Waals surface area contributed by atoms with Crippen LogP contribution in [0.4, 0.5) is 4.79 Å². The van der Waals surface area contributed by atoms with Crippen LogP contribution in [0.5, 0.6) is 0 Å². The minimum Gasteiger partial charge on any atom is -0.352 e. The summed E-state index contributed by atoms with van der Waals surface area (Å²) in [6.07, 6.45) is 2.06. The molecule has 2 atom stereocenters. The highest BCUT2D eigenvalue weighted by atomic mass is 16.2. The zero-order valence-corrected chi connectivity index (χ0v) is 8.86. The highest BCUT2D eigenvalue weighted by molar-refractivity contribution is 5.73. The van der Waals surface area contributed by atoms with Crippen molar-refractivity contribution in [1.29, 1.82) is 0 Å². The lowest BCUT2D eigenvalue weighted by molar-refractivity contribution is 0.242. The van der Waals surface area contributed by atoms with Crippen LogP contribution in [-0.2, 0) is 5.54 Å². The molecular formula is C12H16N2O. The van der Waals surface area contributed by atoms with Gasteiger partial charge in [0.05, 0.1) is 5.54 Å². The molecule has 3 nitrogen and oxygen atoms in total. The molecule has 2 amide bonds. The van der Waals surface area contributed by atoms with Gasteiger partial charge in [0.15, 0.2) is 0 Å². The van der Waals surface area contributed by atoms with Crippen LogP contribution in [0.15, 0.2) is 30.3 Å². The van der Waals surface area contributed by atoms with Crippen molar-refractivity contribution >= 4 is 6.03 Å². The van der Waals surface area contributed by atoms with E-state index in [1.807, 2.05) is 30.3 Å². The van der Waals surface area contributed by atoms with Gasteiger partial charge in [-0.05, 0) is 17.9 Å². The van der Waals surface area contributed by atoms with Gasteiger partial charge in [0, 0.05) is 0 Å². The van der Waals surface area contributed by atoms with Crippen LogP contribution in [-0.4, -0.2) is 6.03 Å². The van der Waals surface area contributed by atoms with Gasteiger partial charge in [-0.25, -0.2) is 4.79 Å². The summed E-state index contributed by atoms with van der Waals surface area (Å²) >= 11 is 0. The fourth-order valence-electron chi connectivity index (χ4n) is 2.36. The number of nitrogens with one attached hydrogen (secondary N) is 1. The van der Waals surface area contributed by atoms with Gasteiger partial charge in [0.2, 0.25) is 0 Å². The van der Waals surface area contributed by atoms with Gasteiger partial charge >= 0.3 is 6.03 Å². The Labute approximate surface area is 89.7 Å². The molecule has 0 bridgehead atoms. The maximum absolute atomic E-state index is 11.0. The van der Waals surface area contributed by atoms with Gasteiger partial charge in [-0.3, -0.25) is 0 Å². The molecule has 0 spiro atoms. The Kier molecular flexibility index (Phi) is 2.39. The molecule has 0 saturated heterocycles. The summed E-state index contributed by atoms with van der Waals surface area (Å²) in [6.45, 7) is 2.14. The molecular weight excluding hydrogens is 188 g/mol. The minimum atomic E-state index is -0.435. The standard InChI is InChI=1S/C12H16N2O/c1-2-9-8-12(9,14-11(13)15)10-6-4-3-5-7-10/h3-7,9H,2,8H2,1H3,(H3,13,14,15). The second-order valence-electron chi connectivity index (χ2n) is 4.14.